The summed E-state index contributed by atoms with van der Waals surface area (Å²) < 4.78 is 11.0. The standard InChI is InChI=1S/C19H23NO4/c1-4-23-19(22)15-10-5-6-11-20(15)18(21)17-13(3)14-9-7-8-12(2)16(14)24-17/h7-9,15H,4-6,10-11H2,1-3H3/t15-/m1/s1. The molecule has 0 radical (unpaired) electrons. The van der Waals surface area contributed by atoms with Crippen molar-refractivity contribution in [1.29, 1.82) is 0 Å². The van der Waals surface area contributed by atoms with Gasteiger partial charge in [0.25, 0.3) is 5.91 Å². The van der Waals surface area contributed by atoms with E-state index in [-0.39, 0.29) is 11.9 Å². The average molecular weight is 329 g/mol. The highest BCUT2D eigenvalue weighted by Crippen LogP contribution is 2.30. The molecule has 24 heavy (non-hydrogen) atoms. The third-order valence-electron chi connectivity index (χ3n) is 4.68. The fraction of sp³-hybridized carbons (Fsp3) is 0.474. The summed E-state index contributed by atoms with van der Waals surface area (Å²) in [6, 6.07) is 5.36. The number of hydrogen-bond acceptors (Lipinski definition) is 4. The monoisotopic (exact) mass is 329 g/mol. The van der Waals surface area contributed by atoms with Crippen LogP contribution in [-0.2, 0) is 9.53 Å². The van der Waals surface area contributed by atoms with Crippen molar-refractivity contribution in [2.75, 3.05) is 13.2 Å². The van der Waals surface area contributed by atoms with Crippen LogP contribution < -0.4 is 0 Å². The van der Waals surface area contributed by atoms with Crippen molar-refractivity contribution in [3.05, 3.63) is 35.1 Å². The minimum atomic E-state index is -0.514. The Hall–Kier alpha value is -2.30. The van der Waals surface area contributed by atoms with Gasteiger partial charge in [0.05, 0.1) is 6.61 Å². The van der Waals surface area contributed by atoms with Gasteiger partial charge in [0.1, 0.15) is 11.6 Å². The number of rotatable bonds is 3. The summed E-state index contributed by atoms with van der Waals surface area (Å²) >= 11 is 0. The van der Waals surface area contributed by atoms with Crippen LogP contribution in [0.15, 0.2) is 22.6 Å². The molecule has 1 atom stereocenters. The molecule has 0 N–H and O–H groups in total. The van der Waals surface area contributed by atoms with Gasteiger partial charge in [-0.1, -0.05) is 18.2 Å². The first-order valence-corrected chi connectivity index (χ1v) is 8.51. The molecule has 1 aliphatic rings. The van der Waals surface area contributed by atoms with Crippen LogP contribution in [0.3, 0.4) is 0 Å². The number of aryl methyl sites for hydroxylation is 2. The van der Waals surface area contributed by atoms with E-state index in [1.165, 1.54) is 0 Å². The maximum absolute atomic E-state index is 13.0. The SMILES string of the molecule is CCOC(=O)[C@H]1CCCCN1C(=O)c1oc2c(C)cccc2c1C. The van der Waals surface area contributed by atoms with E-state index >= 15 is 0 Å². The first-order chi connectivity index (χ1) is 11.5. The Bertz CT molecular complexity index is 777. The number of benzene rings is 1. The van der Waals surface area contributed by atoms with Crippen molar-refractivity contribution in [1.82, 2.24) is 4.90 Å². The van der Waals surface area contributed by atoms with Gasteiger partial charge in [0, 0.05) is 17.5 Å². The molecule has 1 aliphatic heterocycles. The van der Waals surface area contributed by atoms with Crippen LogP contribution >= 0.6 is 0 Å². The molecule has 1 aromatic carbocycles. The molecular formula is C19H23NO4. The Balaban J connectivity index is 1.96. The number of hydrogen-bond donors (Lipinski definition) is 0. The number of esters is 1. The van der Waals surface area contributed by atoms with Crippen LogP contribution in [0.4, 0.5) is 0 Å². The largest absolute Gasteiger partial charge is 0.464 e. The highest BCUT2D eigenvalue weighted by molar-refractivity contribution is 6.01. The number of amides is 1. The molecule has 2 heterocycles. The lowest BCUT2D eigenvalue weighted by molar-refractivity contribution is -0.149. The van der Waals surface area contributed by atoms with Gasteiger partial charge in [-0.25, -0.2) is 4.79 Å². The van der Waals surface area contributed by atoms with Crippen molar-refractivity contribution in [3.63, 3.8) is 0 Å². The third-order valence-corrected chi connectivity index (χ3v) is 4.68. The Morgan fingerprint density at radius 3 is 2.79 bits per heavy atom. The number of para-hydroxylation sites is 1. The first kappa shape index (κ1) is 16.6. The van der Waals surface area contributed by atoms with E-state index in [1.807, 2.05) is 32.0 Å². The lowest BCUT2D eigenvalue weighted by Crippen LogP contribution is -2.48. The first-order valence-electron chi connectivity index (χ1n) is 8.51. The summed E-state index contributed by atoms with van der Waals surface area (Å²) in [6.45, 7) is 6.50. The maximum Gasteiger partial charge on any atom is 0.328 e. The second-order valence-electron chi connectivity index (χ2n) is 6.27. The summed E-state index contributed by atoms with van der Waals surface area (Å²) in [4.78, 5) is 26.9. The highest BCUT2D eigenvalue weighted by Gasteiger charge is 2.35. The lowest BCUT2D eigenvalue weighted by atomic mass is 10.0. The van der Waals surface area contributed by atoms with Crippen LogP contribution in [0.2, 0.25) is 0 Å². The average Bonchev–Trinajstić information content (AvgIpc) is 2.93. The van der Waals surface area contributed by atoms with Crippen LogP contribution in [0, 0.1) is 13.8 Å². The van der Waals surface area contributed by atoms with Crippen LogP contribution in [-0.4, -0.2) is 36.0 Å². The number of ether oxygens (including phenoxy) is 1. The zero-order valence-corrected chi connectivity index (χ0v) is 14.4. The van der Waals surface area contributed by atoms with Crippen molar-refractivity contribution < 1.29 is 18.7 Å². The number of carbonyl (C=O) groups excluding carboxylic acids is 2. The van der Waals surface area contributed by atoms with Crippen molar-refractivity contribution in [2.45, 2.75) is 46.1 Å². The smallest absolute Gasteiger partial charge is 0.328 e. The maximum atomic E-state index is 13.0. The van der Waals surface area contributed by atoms with Gasteiger partial charge < -0.3 is 14.1 Å². The molecule has 0 spiro atoms. The highest BCUT2D eigenvalue weighted by atomic mass is 16.5. The van der Waals surface area contributed by atoms with Gasteiger partial charge >= 0.3 is 5.97 Å². The van der Waals surface area contributed by atoms with Crippen molar-refractivity contribution >= 4 is 22.8 Å². The van der Waals surface area contributed by atoms with Gasteiger partial charge in [-0.15, -0.1) is 0 Å². The molecule has 5 nitrogen and oxygen atoms in total. The normalized spacial score (nSPS) is 18.0. The van der Waals surface area contributed by atoms with Crippen molar-refractivity contribution in [2.24, 2.45) is 0 Å². The van der Waals surface area contributed by atoms with E-state index in [1.54, 1.807) is 11.8 Å². The second-order valence-corrected chi connectivity index (χ2v) is 6.27. The zero-order chi connectivity index (χ0) is 17.3. The van der Waals surface area contributed by atoms with Crippen LogP contribution in [0.25, 0.3) is 11.0 Å². The number of nitrogens with zero attached hydrogens (tertiary/aromatic N) is 1. The third kappa shape index (κ3) is 2.79. The molecule has 0 unspecified atom stereocenters. The van der Waals surface area contributed by atoms with Crippen molar-refractivity contribution in [3.8, 4) is 0 Å². The Morgan fingerprint density at radius 2 is 2.08 bits per heavy atom. The lowest BCUT2D eigenvalue weighted by Gasteiger charge is -2.33. The number of fused-ring (bicyclic) bond motifs is 1. The summed E-state index contributed by atoms with van der Waals surface area (Å²) in [5.74, 6) is -0.216. The molecule has 2 aromatic rings. The summed E-state index contributed by atoms with van der Waals surface area (Å²) in [5, 5.41) is 0.947. The quantitative estimate of drug-likeness (QED) is 0.807. The molecule has 1 amide bonds. The Morgan fingerprint density at radius 1 is 1.29 bits per heavy atom. The number of likely N-dealkylation sites (tertiary alicyclic amines) is 1. The van der Waals surface area contributed by atoms with E-state index in [0.717, 1.165) is 34.9 Å². The van der Waals surface area contributed by atoms with Crippen LogP contribution in [0.5, 0.6) is 0 Å². The molecular weight excluding hydrogens is 306 g/mol. The topological polar surface area (TPSA) is 59.8 Å². The predicted molar refractivity (Wildman–Crippen MR) is 91.0 cm³/mol. The number of piperidine rings is 1. The van der Waals surface area contributed by atoms with Gasteiger partial charge in [-0.2, -0.15) is 0 Å². The molecule has 128 valence electrons. The van der Waals surface area contributed by atoms with Gasteiger partial charge in [0.15, 0.2) is 5.76 Å². The van der Waals surface area contributed by atoms with E-state index in [9.17, 15) is 9.59 Å². The van der Waals surface area contributed by atoms with Gasteiger partial charge in [-0.05, 0) is 45.6 Å². The minimum Gasteiger partial charge on any atom is -0.464 e. The molecule has 0 saturated carbocycles. The summed E-state index contributed by atoms with van der Waals surface area (Å²) in [6.07, 6.45) is 2.45. The summed E-state index contributed by atoms with van der Waals surface area (Å²) in [7, 11) is 0. The predicted octanol–water partition coefficient (Wildman–Crippen LogP) is 3.61. The zero-order valence-electron chi connectivity index (χ0n) is 14.4. The molecule has 5 heteroatoms. The van der Waals surface area contributed by atoms with E-state index in [2.05, 4.69) is 0 Å². The van der Waals surface area contributed by atoms with E-state index in [0.29, 0.717) is 25.3 Å². The summed E-state index contributed by atoms with van der Waals surface area (Å²) in [5.41, 5.74) is 2.56. The Labute approximate surface area is 141 Å². The molecule has 1 fully saturated rings. The number of furan rings is 1. The van der Waals surface area contributed by atoms with E-state index < -0.39 is 6.04 Å². The minimum absolute atomic E-state index is 0.221. The second kappa shape index (κ2) is 6.67. The molecule has 1 saturated heterocycles. The molecule has 0 bridgehead atoms. The molecule has 1 aromatic heterocycles. The van der Waals surface area contributed by atoms with Gasteiger partial charge in [-0.3, -0.25) is 4.79 Å². The fourth-order valence-corrected chi connectivity index (χ4v) is 3.38. The molecule has 0 aliphatic carbocycles. The van der Waals surface area contributed by atoms with Gasteiger partial charge in [0.2, 0.25) is 0 Å². The molecule has 3 rings (SSSR count). The Kier molecular flexibility index (Phi) is 4.60. The van der Waals surface area contributed by atoms with Crippen LogP contribution in [0.1, 0.15) is 47.9 Å². The fourth-order valence-electron chi connectivity index (χ4n) is 3.38. The number of carbonyl (C=O) groups is 2. The van der Waals surface area contributed by atoms with E-state index in [4.69, 9.17) is 9.15 Å².